The number of methoxy groups -OCH3 is 3. The zero-order valence-electron chi connectivity index (χ0n) is 19.4. The van der Waals surface area contributed by atoms with Gasteiger partial charge in [-0.1, -0.05) is 18.2 Å². The minimum atomic E-state index is -0.714. The number of hydrogen-bond acceptors (Lipinski definition) is 8. The fraction of sp³-hybridized carbons (Fsp3) is 0.185. The Morgan fingerprint density at radius 1 is 0.943 bits per heavy atom. The highest BCUT2D eigenvalue weighted by Gasteiger charge is 2.27. The highest BCUT2D eigenvalue weighted by molar-refractivity contribution is 5.87. The van der Waals surface area contributed by atoms with Crippen LogP contribution in [0.25, 0.3) is 22.1 Å². The number of carbonyl (C=O) groups excluding carboxylic acids is 1. The van der Waals surface area contributed by atoms with E-state index in [0.29, 0.717) is 28.2 Å². The molecule has 0 saturated carbocycles. The van der Waals surface area contributed by atoms with Crippen molar-refractivity contribution in [2.24, 2.45) is 0 Å². The van der Waals surface area contributed by atoms with E-state index in [-0.39, 0.29) is 39.9 Å². The Morgan fingerprint density at radius 3 is 2.31 bits per heavy atom. The SMILES string of the molecule is COC(=O)CC(c1ccc(OC)c(OC)c1)c1c(O)ccc2c(=O)c(-c3ccc(O)cc3)coc12. The zero-order chi connectivity index (χ0) is 25.1. The first kappa shape index (κ1) is 23.7. The second-order valence-corrected chi connectivity index (χ2v) is 7.85. The number of benzene rings is 3. The van der Waals surface area contributed by atoms with E-state index in [4.69, 9.17) is 18.6 Å². The first-order valence-corrected chi connectivity index (χ1v) is 10.7. The van der Waals surface area contributed by atoms with Crippen LogP contribution in [0.2, 0.25) is 0 Å². The Morgan fingerprint density at radius 2 is 1.66 bits per heavy atom. The van der Waals surface area contributed by atoms with Crippen LogP contribution in [0.5, 0.6) is 23.0 Å². The molecule has 0 aliphatic carbocycles. The van der Waals surface area contributed by atoms with E-state index in [1.165, 1.54) is 51.9 Å². The van der Waals surface area contributed by atoms with Crippen molar-refractivity contribution in [1.82, 2.24) is 0 Å². The summed E-state index contributed by atoms with van der Waals surface area (Å²) in [6.07, 6.45) is 1.19. The molecule has 0 saturated heterocycles. The van der Waals surface area contributed by atoms with Crippen molar-refractivity contribution < 1.29 is 33.6 Å². The zero-order valence-corrected chi connectivity index (χ0v) is 19.4. The van der Waals surface area contributed by atoms with Gasteiger partial charge in [0.05, 0.1) is 38.7 Å². The maximum absolute atomic E-state index is 13.4. The van der Waals surface area contributed by atoms with E-state index >= 15 is 0 Å². The number of phenols is 2. The summed E-state index contributed by atoms with van der Waals surface area (Å²) in [6.45, 7) is 0. The van der Waals surface area contributed by atoms with Crippen LogP contribution < -0.4 is 14.9 Å². The van der Waals surface area contributed by atoms with E-state index in [9.17, 15) is 19.8 Å². The molecule has 0 fully saturated rings. The number of ether oxygens (including phenoxy) is 3. The minimum absolute atomic E-state index is 0.0757. The lowest BCUT2D eigenvalue weighted by Crippen LogP contribution is -2.13. The predicted octanol–water partition coefficient (Wildman–Crippen LogP) is 4.58. The molecule has 1 unspecified atom stereocenters. The quantitative estimate of drug-likeness (QED) is 0.372. The fourth-order valence-electron chi connectivity index (χ4n) is 4.09. The third-order valence-corrected chi connectivity index (χ3v) is 5.89. The van der Waals surface area contributed by atoms with Gasteiger partial charge in [0.15, 0.2) is 11.5 Å². The standard InChI is InChI=1S/C27H24O8/c1-32-22-11-6-16(12-23(22)33-2)19(13-24(30)34-3)25-21(29)10-9-18-26(31)20(14-35-27(18)25)15-4-7-17(28)8-5-15/h4-12,14,19,28-29H,13H2,1-3H3. The number of phenolic OH excluding ortho intramolecular Hbond substituents is 2. The van der Waals surface area contributed by atoms with Crippen molar-refractivity contribution in [3.8, 4) is 34.1 Å². The Balaban J connectivity index is 1.94. The van der Waals surface area contributed by atoms with Crippen LogP contribution in [0.15, 0.2) is 70.1 Å². The molecule has 4 rings (SSSR count). The number of carbonyl (C=O) groups is 1. The van der Waals surface area contributed by atoms with E-state index in [2.05, 4.69) is 0 Å². The molecule has 180 valence electrons. The molecule has 1 aromatic heterocycles. The molecule has 0 bridgehead atoms. The highest BCUT2D eigenvalue weighted by Crippen LogP contribution is 2.41. The van der Waals surface area contributed by atoms with Crippen LogP contribution in [-0.2, 0) is 9.53 Å². The third kappa shape index (κ3) is 4.50. The van der Waals surface area contributed by atoms with Gasteiger partial charge in [-0.3, -0.25) is 9.59 Å². The summed E-state index contributed by atoms with van der Waals surface area (Å²) >= 11 is 0. The van der Waals surface area contributed by atoms with Gasteiger partial charge in [-0.25, -0.2) is 0 Å². The molecular weight excluding hydrogens is 452 g/mol. The lowest BCUT2D eigenvalue weighted by molar-refractivity contribution is -0.140. The highest BCUT2D eigenvalue weighted by atomic mass is 16.5. The monoisotopic (exact) mass is 476 g/mol. The van der Waals surface area contributed by atoms with Gasteiger partial charge in [-0.15, -0.1) is 0 Å². The molecule has 2 N–H and O–H groups in total. The van der Waals surface area contributed by atoms with Gasteiger partial charge in [0, 0.05) is 11.5 Å². The van der Waals surface area contributed by atoms with Crippen molar-refractivity contribution in [3.63, 3.8) is 0 Å². The van der Waals surface area contributed by atoms with Crippen LogP contribution in [0.3, 0.4) is 0 Å². The average molecular weight is 476 g/mol. The summed E-state index contributed by atoms with van der Waals surface area (Å²) < 4.78 is 21.5. The van der Waals surface area contributed by atoms with Gasteiger partial charge >= 0.3 is 5.97 Å². The lowest BCUT2D eigenvalue weighted by Gasteiger charge is -2.20. The summed E-state index contributed by atoms with van der Waals surface area (Å²) in [5.41, 5.74) is 1.60. The maximum atomic E-state index is 13.4. The Labute approximate surface area is 200 Å². The molecule has 1 heterocycles. The molecular formula is C27H24O8. The minimum Gasteiger partial charge on any atom is -0.508 e. The molecule has 8 nitrogen and oxygen atoms in total. The van der Waals surface area contributed by atoms with Gasteiger partial charge in [0.2, 0.25) is 5.43 Å². The Hall–Kier alpha value is -4.46. The molecule has 0 aliphatic heterocycles. The summed E-state index contributed by atoms with van der Waals surface area (Å²) in [5, 5.41) is 20.7. The maximum Gasteiger partial charge on any atom is 0.306 e. The normalized spacial score (nSPS) is 11.7. The fourth-order valence-corrected chi connectivity index (χ4v) is 4.09. The lowest BCUT2D eigenvalue weighted by atomic mass is 9.86. The molecule has 0 amide bonds. The predicted molar refractivity (Wildman–Crippen MR) is 129 cm³/mol. The molecule has 4 aromatic rings. The molecule has 0 aliphatic rings. The number of fused-ring (bicyclic) bond motifs is 1. The molecule has 0 spiro atoms. The van der Waals surface area contributed by atoms with Gasteiger partial charge in [-0.2, -0.15) is 0 Å². The van der Waals surface area contributed by atoms with Crippen molar-refractivity contribution in [3.05, 3.63) is 82.2 Å². The Bertz CT molecular complexity index is 1440. The largest absolute Gasteiger partial charge is 0.508 e. The third-order valence-electron chi connectivity index (χ3n) is 5.89. The molecule has 1 atom stereocenters. The van der Waals surface area contributed by atoms with Gasteiger partial charge in [-0.05, 0) is 47.5 Å². The van der Waals surface area contributed by atoms with E-state index in [0.717, 1.165) is 0 Å². The number of esters is 1. The van der Waals surface area contributed by atoms with Gasteiger partial charge in [0.25, 0.3) is 0 Å². The smallest absolute Gasteiger partial charge is 0.306 e. The number of hydrogen-bond donors (Lipinski definition) is 2. The topological polar surface area (TPSA) is 115 Å². The van der Waals surface area contributed by atoms with Crippen LogP contribution in [0.1, 0.15) is 23.5 Å². The first-order chi connectivity index (χ1) is 16.9. The summed E-state index contributed by atoms with van der Waals surface area (Å²) in [7, 11) is 4.29. The first-order valence-electron chi connectivity index (χ1n) is 10.7. The number of rotatable bonds is 7. The average Bonchev–Trinajstić information content (AvgIpc) is 2.88. The van der Waals surface area contributed by atoms with Gasteiger partial charge < -0.3 is 28.8 Å². The summed E-state index contributed by atoms with van der Waals surface area (Å²) in [4.78, 5) is 25.7. The number of aromatic hydroxyl groups is 2. The van der Waals surface area contributed by atoms with Crippen molar-refractivity contribution in [1.29, 1.82) is 0 Å². The van der Waals surface area contributed by atoms with Crippen LogP contribution >= 0.6 is 0 Å². The van der Waals surface area contributed by atoms with E-state index in [1.54, 1.807) is 30.3 Å². The summed E-state index contributed by atoms with van der Waals surface area (Å²) in [6, 6.07) is 14.2. The van der Waals surface area contributed by atoms with Gasteiger partial charge in [0.1, 0.15) is 23.3 Å². The molecule has 8 heteroatoms. The van der Waals surface area contributed by atoms with E-state index < -0.39 is 11.9 Å². The van der Waals surface area contributed by atoms with Crippen molar-refractivity contribution in [2.75, 3.05) is 21.3 Å². The molecule has 3 aromatic carbocycles. The van der Waals surface area contributed by atoms with Crippen molar-refractivity contribution >= 4 is 16.9 Å². The second-order valence-electron chi connectivity index (χ2n) is 7.85. The molecule has 35 heavy (non-hydrogen) atoms. The van der Waals surface area contributed by atoms with Crippen LogP contribution in [-0.4, -0.2) is 37.5 Å². The summed E-state index contributed by atoms with van der Waals surface area (Å²) in [5.74, 6) is -0.345. The van der Waals surface area contributed by atoms with Crippen LogP contribution in [0, 0.1) is 0 Å². The van der Waals surface area contributed by atoms with E-state index in [1.807, 2.05) is 0 Å². The molecule has 0 radical (unpaired) electrons. The van der Waals surface area contributed by atoms with Crippen molar-refractivity contribution in [2.45, 2.75) is 12.3 Å². The second kappa shape index (κ2) is 9.80. The Kier molecular flexibility index (Phi) is 6.64. The van der Waals surface area contributed by atoms with Crippen LogP contribution in [0.4, 0.5) is 0 Å².